The van der Waals surface area contributed by atoms with Crippen LogP contribution in [0.25, 0.3) is 16.6 Å². The second kappa shape index (κ2) is 7.88. The van der Waals surface area contributed by atoms with Crippen LogP contribution in [0, 0.1) is 17.5 Å². The lowest BCUT2D eigenvalue weighted by atomic mass is 10.1. The molecular weight excluding hydrogens is 427 g/mol. The van der Waals surface area contributed by atoms with Crippen LogP contribution in [0.1, 0.15) is 22.8 Å². The zero-order valence-electron chi connectivity index (χ0n) is 15.4. The van der Waals surface area contributed by atoms with Gasteiger partial charge in [-0.1, -0.05) is 11.6 Å². The van der Waals surface area contributed by atoms with Crippen LogP contribution in [0.4, 0.5) is 24.5 Å². The SMILES string of the molecule is CCOC(=O)c1cn(-c2cc(N)c(F)cc2CO)c2c(Cl)c(F)c(F)c(N)c2c1=O. The van der Waals surface area contributed by atoms with E-state index in [1.54, 1.807) is 0 Å². The highest BCUT2D eigenvalue weighted by Crippen LogP contribution is 2.35. The molecule has 5 N–H and O–H groups in total. The van der Waals surface area contributed by atoms with Gasteiger partial charge in [-0.25, -0.2) is 18.0 Å². The lowest BCUT2D eigenvalue weighted by molar-refractivity contribution is 0.0524. The maximum Gasteiger partial charge on any atom is 0.343 e. The third-order valence-electron chi connectivity index (χ3n) is 4.43. The lowest BCUT2D eigenvalue weighted by Gasteiger charge is -2.19. The topological polar surface area (TPSA) is 121 Å². The number of benzene rings is 2. The van der Waals surface area contributed by atoms with Crippen LogP contribution in [0.15, 0.2) is 23.1 Å². The predicted molar refractivity (Wildman–Crippen MR) is 105 cm³/mol. The zero-order valence-corrected chi connectivity index (χ0v) is 16.2. The summed E-state index contributed by atoms with van der Waals surface area (Å²) in [6.07, 6.45) is 0.956. The fraction of sp³-hybridized carbons (Fsp3) is 0.158. The van der Waals surface area contributed by atoms with Gasteiger partial charge in [-0.2, -0.15) is 0 Å². The summed E-state index contributed by atoms with van der Waals surface area (Å²) in [5.41, 5.74) is 7.92. The minimum Gasteiger partial charge on any atom is -0.462 e. The molecule has 3 rings (SSSR count). The van der Waals surface area contributed by atoms with Gasteiger partial charge in [0.25, 0.3) is 0 Å². The molecule has 11 heteroatoms. The maximum absolute atomic E-state index is 14.3. The van der Waals surface area contributed by atoms with E-state index in [9.17, 15) is 27.9 Å². The first-order valence-electron chi connectivity index (χ1n) is 8.51. The van der Waals surface area contributed by atoms with Gasteiger partial charge in [0.1, 0.15) is 16.4 Å². The van der Waals surface area contributed by atoms with Crippen LogP contribution in [0.5, 0.6) is 0 Å². The van der Waals surface area contributed by atoms with E-state index < -0.39 is 62.6 Å². The second-order valence-corrected chi connectivity index (χ2v) is 6.58. The summed E-state index contributed by atoms with van der Waals surface area (Å²) < 4.78 is 48.3. The van der Waals surface area contributed by atoms with E-state index in [1.165, 1.54) is 6.92 Å². The van der Waals surface area contributed by atoms with Gasteiger partial charge in [0.05, 0.1) is 41.2 Å². The zero-order chi connectivity index (χ0) is 22.3. The van der Waals surface area contributed by atoms with E-state index in [2.05, 4.69) is 0 Å². The number of nitrogens with zero attached hydrogens (tertiary/aromatic N) is 1. The molecule has 1 heterocycles. The van der Waals surface area contributed by atoms with E-state index in [1.807, 2.05) is 0 Å². The molecule has 0 amide bonds. The third kappa shape index (κ3) is 3.23. The Morgan fingerprint density at radius 1 is 1.23 bits per heavy atom. The van der Waals surface area contributed by atoms with E-state index in [0.29, 0.717) is 0 Å². The number of carbonyl (C=O) groups is 1. The number of esters is 1. The van der Waals surface area contributed by atoms with Crippen molar-refractivity contribution in [3.05, 3.63) is 62.2 Å². The van der Waals surface area contributed by atoms with Crippen LogP contribution in [0.2, 0.25) is 5.02 Å². The maximum atomic E-state index is 14.3. The van der Waals surface area contributed by atoms with Gasteiger partial charge < -0.3 is 25.9 Å². The molecule has 3 aromatic rings. The Hall–Kier alpha value is -3.24. The first kappa shape index (κ1) is 21.5. The average molecular weight is 442 g/mol. The van der Waals surface area contributed by atoms with Crippen molar-refractivity contribution in [2.45, 2.75) is 13.5 Å². The second-order valence-electron chi connectivity index (χ2n) is 6.20. The van der Waals surface area contributed by atoms with Crippen LogP contribution in [-0.2, 0) is 11.3 Å². The van der Waals surface area contributed by atoms with E-state index >= 15 is 0 Å². The predicted octanol–water partition coefficient (Wildman–Crippen LogP) is 2.89. The van der Waals surface area contributed by atoms with Crippen molar-refractivity contribution >= 4 is 39.8 Å². The van der Waals surface area contributed by atoms with Gasteiger partial charge in [0.15, 0.2) is 11.6 Å². The quantitative estimate of drug-likeness (QED) is 0.325. The molecule has 0 saturated heterocycles. The number of fused-ring (bicyclic) bond motifs is 1. The number of hydrogen-bond donors (Lipinski definition) is 3. The number of nitrogens with two attached hydrogens (primary N) is 2. The van der Waals surface area contributed by atoms with Crippen molar-refractivity contribution in [1.82, 2.24) is 4.57 Å². The molecule has 0 bridgehead atoms. The van der Waals surface area contributed by atoms with Crippen molar-refractivity contribution in [1.29, 1.82) is 0 Å². The minimum absolute atomic E-state index is 0.0409. The number of aromatic nitrogens is 1. The van der Waals surface area contributed by atoms with Gasteiger partial charge in [-0.15, -0.1) is 0 Å². The Bertz CT molecular complexity index is 1260. The monoisotopic (exact) mass is 441 g/mol. The molecule has 0 unspecified atom stereocenters. The van der Waals surface area contributed by atoms with Gasteiger partial charge in [-0.05, 0) is 19.1 Å². The van der Waals surface area contributed by atoms with Crippen LogP contribution in [-0.4, -0.2) is 22.2 Å². The van der Waals surface area contributed by atoms with Crippen LogP contribution in [0.3, 0.4) is 0 Å². The number of rotatable bonds is 4. The number of carbonyl (C=O) groups excluding carboxylic acids is 1. The summed E-state index contributed by atoms with van der Waals surface area (Å²) in [7, 11) is 0. The highest BCUT2D eigenvalue weighted by atomic mass is 35.5. The Kier molecular flexibility index (Phi) is 5.64. The number of aliphatic hydroxyl groups excluding tert-OH is 1. The number of anilines is 2. The molecule has 1 aromatic heterocycles. The molecule has 0 atom stereocenters. The Morgan fingerprint density at radius 2 is 1.90 bits per heavy atom. The number of pyridine rings is 1. The molecule has 0 spiro atoms. The molecule has 0 aliphatic carbocycles. The van der Waals surface area contributed by atoms with Crippen LogP contribution < -0.4 is 16.9 Å². The van der Waals surface area contributed by atoms with Crippen molar-refractivity contribution in [3.8, 4) is 5.69 Å². The highest BCUT2D eigenvalue weighted by molar-refractivity contribution is 6.36. The molecule has 7 nitrogen and oxygen atoms in total. The highest BCUT2D eigenvalue weighted by Gasteiger charge is 2.26. The number of aliphatic hydroxyl groups is 1. The lowest BCUT2D eigenvalue weighted by Crippen LogP contribution is -2.23. The summed E-state index contributed by atoms with van der Waals surface area (Å²) in [6, 6.07) is 1.99. The van der Waals surface area contributed by atoms with E-state index in [-0.39, 0.29) is 23.5 Å². The number of hydrogen-bond acceptors (Lipinski definition) is 6. The van der Waals surface area contributed by atoms with Gasteiger partial charge in [-0.3, -0.25) is 4.79 Å². The van der Waals surface area contributed by atoms with E-state index in [0.717, 1.165) is 22.9 Å². The molecule has 158 valence electrons. The summed E-state index contributed by atoms with van der Waals surface area (Å²) in [5.74, 6) is -5.00. The molecule has 0 radical (unpaired) electrons. The Labute approximate surface area is 172 Å². The standard InChI is InChI=1S/C19H15ClF3N3O4/c1-2-30-19(29)8-5-26(11-4-10(24)9(21)3-7(11)6-27)17-12(18(8)28)16(25)15(23)14(22)13(17)20/h3-5,27H,2,6,24-25H2,1H3. The van der Waals surface area contributed by atoms with Crippen molar-refractivity contribution in [3.63, 3.8) is 0 Å². The van der Waals surface area contributed by atoms with Crippen LogP contribution >= 0.6 is 11.6 Å². The fourth-order valence-electron chi connectivity index (χ4n) is 3.02. The number of nitrogen functional groups attached to an aromatic ring is 2. The molecule has 0 fully saturated rings. The fourth-order valence-corrected chi connectivity index (χ4v) is 3.29. The molecule has 0 aliphatic heterocycles. The van der Waals surface area contributed by atoms with E-state index in [4.69, 9.17) is 27.8 Å². The minimum atomic E-state index is -1.57. The van der Waals surface area contributed by atoms with Gasteiger partial charge >= 0.3 is 5.97 Å². The molecule has 0 aliphatic rings. The number of ether oxygens (including phenoxy) is 1. The first-order valence-corrected chi connectivity index (χ1v) is 8.89. The smallest absolute Gasteiger partial charge is 0.343 e. The van der Waals surface area contributed by atoms with Gasteiger partial charge in [0, 0.05) is 11.8 Å². The Morgan fingerprint density at radius 3 is 2.50 bits per heavy atom. The largest absolute Gasteiger partial charge is 0.462 e. The van der Waals surface area contributed by atoms with Crippen molar-refractivity contribution < 1.29 is 27.8 Å². The normalized spacial score (nSPS) is 11.1. The molecular formula is C19H15ClF3N3O4. The van der Waals surface area contributed by atoms with Crippen molar-refractivity contribution in [2.24, 2.45) is 0 Å². The summed E-state index contributed by atoms with van der Waals surface area (Å²) in [6.45, 7) is 0.740. The first-order chi connectivity index (χ1) is 14.1. The summed E-state index contributed by atoms with van der Waals surface area (Å²) in [4.78, 5) is 25.2. The third-order valence-corrected chi connectivity index (χ3v) is 4.77. The summed E-state index contributed by atoms with van der Waals surface area (Å²) >= 11 is 5.98. The molecule has 2 aromatic carbocycles. The summed E-state index contributed by atoms with van der Waals surface area (Å²) in [5, 5.41) is 8.25. The Balaban J connectivity index is 2.60. The van der Waals surface area contributed by atoms with Gasteiger partial charge in [0.2, 0.25) is 5.43 Å². The van der Waals surface area contributed by atoms with Crippen molar-refractivity contribution in [2.75, 3.05) is 18.1 Å². The number of halogens is 4. The molecule has 0 saturated carbocycles. The average Bonchev–Trinajstić information content (AvgIpc) is 2.72. The molecule has 30 heavy (non-hydrogen) atoms.